The van der Waals surface area contributed by atoms with Gasteiger partial charge in [0.2, 0.25) is 6.71 Å². The molecule has 44 heavy (non-hydrogen) atoms. The van der Waals surface area contributed by atoms with Crippen LogP contribution in [0.2, 0.25) is 0 Å². The summed E-state index contributed by atoms with van der Waals surface area (Å²) in [6.07, 6.45) is 4.00. The molecule has 6 heteroatoms. The summed E-state index contributed by atoms with van der Waals surface area (Å²) in [5, 5.41) is 7.43. The molecule has 0 saturated carbocycles. The second-order valence-corrected chi connectivity index (χ2v) is 11.1. The van der Waals surface area contributed by atoms with Crippen molar-refractivity contribution in [3.63, 3.8) is 0 Å². The molecule has 9 rings (SSSR count). The van der Waals surface area contributed by atoms with Crippen LogP contribution in [-0.4, -0.2) is 26.0 Å². The second-order valence-electron chi connectivity index (χ2n) is 11.1. The Bertz CT molecular complexity index is 2330. The van der Waals surface area contributed by atoms with Crippen molar-refractivity contribution < 1.29 is 4.74 Å². The normalized spacial score (nSPS) is 12.0. The van der Waals surface area contributed by atoms with Crippen molar-refractivity contribution in [1.82, 2.24) is 19.3 Å². The lowest BCUT2D eigenvalue weighted by Crippen LogP contribution is -2.48. The van der Waals surface area contributed by atoms with Crippen LogP contribution in [0, 0.1) is 0 Å². The molecule has 0 fully saturated rings. The van der Waals surface area contributed by atoms with E-state index in [0.717, 1.165) is 45.1 Å². The van der Waals surface area contributed by atoms with Crippen LogP contribution in [-0.2, 0) is 0 Å². The number of hydrogen-bond acceptors (Lipinski definition) is 3. The van der Waals surface area contributed by atoms with Gasteiger partial charge in [0.05, 0.1) is 22.4 Å². The second kappa shape index (κ2) is 9.85. The Labute approximate surface area is 254 Å². The number of fused-ring (bicyclic) bond motifs is 6. The molecule has 0 saturated heterocycles. The van der Waals surface area contributed by atoms with Crippen LogP contribution in [0.4, 0.5) is 0 Å². The van der Waals surface area contributed by atoms with Crippen LogP contribution in [0.25, 0.3) is 44.6 Å². The van der Waals surface area contributed by atoms with Gasteiger partial charge in [0.1, 0.15) is 17.3 Å². The first kappa shape index (κ1) is 24.7. The quantitative estimate of drug-likeness (QED) is 0.220. The third-order valence-corrected chi connectivity index (χ3v) is 8.55. The van der Waals surface area contributed by atoms with Crippen molar-refractivity contribution >= 4 is 44.9 Å². The largest absolute Gasteiger partial charge is 0.457 e. The number of para-hydroxylation sites is 1. The van der Waals surface area contributed by atoms with Gasteiger partial charge in [-0.15, -0.1) is 0 Å². The molecular formula is C38H25BN4O. The highest BCUT2D eigenvalue weighted by Crippen LogP contribution is 2.35. The molecule has 0 bridgehead atoms. The number of aromatic nitrogens is 4. The third kappa shape index (κ3) is 3.88. The van der Waals surface area contributed by atoms with Gasteiger partial charge in [0.25, 0.3) is 0 Å². The minimum atomic E-state index is 0.160. The van der Waals surface area contributed by atoms with Crippen molar-refractivity contribution in [1.29, 1.82) is 0 Å². The Hall–Kier alpha value is -5.88. The van der Waals surface area contributed by atoms with E-state index in [1.807, 2.05) is 53.3 Å². The molecular weight excluding hydrogens is 539 g/mol. The molecule has 1 aliphatic rings. The fraction of sp³-hybridized carbons (Fsp3) is 0. The molecule has 0 aliphatic carbocycles. The van der Waals surface area contributed by atoms with E-state index in [9.17, 15) is 0 Å². The highest BCUT2D eigenvalue weighted by molar-refractivity contribution is 6.98. The molecule has 0 radical (unpaired) electrons. The molecule has 0 unspecified atom stereocenters. The van der Waals surface area contributed by atoms with E-state index in [1.165, 1.54) is 27.3 Å². The molecule has 0 amide bonds. The van der Waals surface area contributed by atoms with Crippen molar-refractivity contribution in [2.45, 2.75) is 0 Å². The van der Waals surface area contributed by atoms with E-state index in [1.54, 1.807) is 0 Å². The topological polar surface area (TPSA) is 44.9 Å². The molecule has 8 aromatic rings. The summed E-state index contributed by atoms with van der Waals surface area (Å²) >= 11 is 0. The summed E-state index contributed by atoms with van der Waals surface area (Å²) in [5.74, 6) is 2.38. The lowest BCUT2D eigenvalue weighted by molar-refractivity contribution is 0.483. The highest BCUT2D eigenvalue weighted by Gasteiger charge is 2.35. The first-order valence-corrected chi connectivity index (χ1v) is 14.8. The van der Waals surface area contributed by atoms with Crippen LogP contribution < -0.4 is 21.1 Å². The number of ether oxygens (including phenoxy) is 1. The van der Waals surface area contributed by atoms with Crippen LogP contribution in [0.3, 0.4) is 0 Å². The highest BCUT2D eigenvalue weighted by atomic mass is 16.5. The van der Waals surface area contributed by atoms with E-state index < -0.39 is 0 Å². The smallest absolute Gasteiger partial charge is 0.247 e. The zero-order valence-corrected chi connectivity index (χ0v) is 23.7. The van der Waals surface area contributed by atoms with Crippen molar-refractivity contribution in [2.75, 3.05) is 0 Å². The number of pyridine rings is 1. The van der Waals surface area contributed by atoms with E-state index in [2.05, 4.69) is 113 Å². The van der Waals surface area contributed by atoms with E-state index >= 15 is 0 Å². The molecule has 0 spiro atoms. The summed E-state index contributed by atoms with van der Waals surface area (Å²) in [5.41, 5.74) is 9.14. The van der Waals surface area contributed by atoms with Crippen LogP contribution in [0.5, 0.6) is 11.5 Å². The van der Waals surface area contributed by atoms with Crippen molar-refractivity contribution in [3.8, 4) is 34.3 Å². The van der Waals surface area contributed by atoms with Gasteiger partial charge >= 0.3 is 0 Å². The standard InChI is InChI=1S/C38H25BN4O/c1-2-11-26(12-3-1)39-33-17-6-4-16-32(33)38-34(39)25-42(41-38)27-13-10-14-28(23-27)44-29-20-21-31-30-15-5-7-18-35(30)43(36(31)24-29)37-19-8-9-22-40-37/h1-25H. The van der Waals surface area contributed by atoms with Crippen LogP contribution in [0.1, 0.15) is 0 Å². The van der Waals surface area contributed by atoms with E-state index in [4.69, 9.17) is 9.84 Å². The average molecular weight is 564 g/mol. The zero-order chi connectivity index (χ0) is 29.0. The molecule has 1 aliphatic heterocycles. The lowest BCUT2D eigenvalue weighted by atomic mass is 9.39. The fourth-order valence-electron chi connectivity index (χ4n) is 6.65. The molecule has 3 aromatic heterocycles. The SMILES string of the molecule is c1ccc(B2c3ccccc3-c3nn(-c4cccc(Oc5ccc6c7ccccc7n(-c7ccccn7)c6c5)c4)cc32)cc1. The first-order valence-electron chi connectivity index (χ1n) is 14.8. The number of rotatable bonds is 5. The van der Waals surface area contributed by atoms with Crippen LogP contribution in [0.15, 0.2) is 152 Å². The van der Waals surface area contributed by atoms with E-state index in [0.29, 0.717) is 0 Å². The number of nitrogens with zero attached hydrogens (tertiary/aromatic N) is 4. The minimum Gasteiger partial charge on any atom is -0.457 e. The van der Waals surface area contributed by atoms with E-state index in [-0.39, 0.29) is 6.71 Å². The Morgan fingerprint density at radius 3 is 2.30 bits per heavy atom. The maximum absolute atomic E-state index is 6.48. The number of benzene rings is 5. The summed E-state index contributed by atoms with van der Waals surface area (Å²) in [4.78, 5) is 4.65. The van der Waals surface area contributed by atoms with Gasteiger partial charge in [-0.05, 0) is 53.5 Å². The molecule has 206 valence electrons. The Morgan fingerprint density at radius 2 is 1.39 bits per heavy atom. The van der Waals surface area contributed by atoms with Crippen molar-refractivity contribution in [3.05, 3.63) is 152 Å². The van der Waals surface area contributed by atoms with Crippen molar-refractivity contribution in [2.24, 2.45) is 0 Å². The average Bonchev–Trinajstić information content (AvgIpc) is 3.74. The van der Waals surface area contributed by atoms with Gasteiger partial charge in [-0.1, -0.05) is 95.9 Å². The zero-order valence-electron chi connectivity index (χ0n) is 23.7. The summed E-state index contributed by atoms with van der Waals surface area (Å²) in [6, 6.07) is 48.1. The maximum Gasteiger partial charge on any atom is 0.247 e. The Balaban J connectivity index is 1.10. The minimum absolute atomic E-state index is 0.160. The third-order valence-electron chi connectivity index (χ3n) is 8.55. The molecule has 0 N–H and O–H groups in total. The summed E-state index contributed by atoms with van der Waals surface area (Å²) < 4.78 is 10.7. The first-order chi connectivity index (χ1) is 21.8. The number of hydrogen-bond donors (Lipinski definition) is 0. The van der Waals surface area contributed by atoms with Gasteiger partial charge in [-0.3, -0.25) is 4.57 Å². The lowest BCUT2D eigenvalue weighted by Gasteiger charge is -2.11. The molecule has 4 heterocycles. The monoisotopic (exact) mass is 564 g/mol. The summed E-state index contributed by atoms with van der Waals surface area (Å²) in [7, 11) is 0. The predicted octanol–water partition coefficient (Wildman–Crippen LogP) is 6.65. The Morgan fingerprint density at radius 1 is 0.591 bits per heavy atom. The molecule has 0 atom stereocenters. The van der Waals surface area contributed by atoms with Gasteiger partial charge < -0.3 is 4.74 Å². The summed E-state index contributed by atoms with van der Waals surface area (Å²) in [6.45, 7) is 0.160. The fourth-order valence-corrected chi connectivity index (χ4v) is 6.65. The maximum atomic E-state index is 6.48. The van der Waals surface area contributed by atoms with Gasteiger partial charge in [-0.2, -0.15) is 5.10 Å². The molecule has 5 nitrogen and oxygen atoms in total. The molecule has 5 aromatic carbocycles. The predicted molar refractivity (Wildman–Crippen MR) is 179 cm³/mol. The van der Waals surface area contributed by atoms with Gasteiger partial charge in [0, 0.05) is 35.3 Å². The van der Waals surface area contributed by atoms with Gasteiger partial charge in [-0.25, -0.2) is 9.67 Å². The van der Waals surface area contributed by atoms with Crippen LogP contribution >= 0.6 is 0 Å². The Kier molecular flexibility index (Phi) is 5.53. The van der Waals surface area contributed by atoms with Gasteiger partial charge in [0.15, 0.2) is 0 Å².